The molecule has 190 valence electrons. The van der Waals surface area contributed by atoms with E-state index < -0.39 is 17.7 Å². The van der Waals surface area contributed by atoms with E-state index >= 15 is 0 Å². The van der Waals surface area contributed by atoms with Crippen LogP contribution >= 0.6 is 11.6 Å². The van der Waals surface area contributed by atoms with Gasteiger partial charge in [0, 0.05) is 40.8 Å². The second-order valence-corrected chi connectivity index (χ2v) is 10.7. The molecule has 3 heterocycles. The van der Waals surface area contributed by atoms with E-state index in [-0.39, 0.29) is 12.5 Å². The number of fused-ring (bicyclic) bond motifs is 3. The molecule has 1 atom stereocenters. The number of nitrogens with one attached hydrogen (secondary N) is 1. The van der Waals surface area contributed by atoms with Crippen molar-refractivity contribution >= 4 is 40.2 Å². The number of para-hydroxylation sites is 1. The molecule has 5 rings (SSSR count). The second-order valence-electron chi connectivity index (χ2n) is 10.2. The number of carbonyl (C=O) groups is 2. The molecule has 0 bridgehead atoms. The maximum Gasteiger partial charge on any atom is 0.411 e. The van der Waals surface area contributed by atoms with E-state index in [1.165, 1.54) is 4.90 Å². The summed E-state index contributed by atoms with van der Waals surface area (Å²) in [5.41, 5.74) is 4.08. The zero-order valence-electron chi connectivity index (χ0n) is 21.1. The smallest absolute Gasteiger partial charge is 0.411 e. The Morgan fingerprint density at radius 2 is 1.84 bits per heavy atom. The Balaban J connectivity index is 1.57. The van der Waals surface area contributed by atoms with Gasteiger partial charge in [0.05, 0.1) is 18.4 Å². The number of ether oxygens (including phenoxy) is 1. The maximum absolute atomic E-state index is 13.5. The van der Waals surface area contributed by atoms with Crippen LogP contribution in [0.4, 0.5) is 10.5 Å². The molecule has 1 unspecified atom stereocenters. The minimum absolute atomic E-state index is 0.248. The second kappa shape index (κ2) is 9.90. The first-order chi connectivity index (χ1) is 17.7. The fourth-order valence-corrected chi connectivity index (χ4v) is 4.90. The highest BCUT2D eigenvalue weighted by Crippen LogP contribution is 2.35. The van der Waals surface area contributed by atoms with Crippen molar-refractivity contribution in [2.45, 2.75) is 51.9 Å². The quantitative estimate of drug-likeness (QED) is 0.359. The Bertz CT molecular complexity index is 1440. The molecule has 0 spiro atoms. The molecule has 2 aromatic heterocycles. The molecule has 4 aromatic rings. The zero-order valence-corrected chi connectivity index (χ0v) is 21.8. The van der Waals surface area contributed by atoms with Gasteiger partial charge >= 0.3 is 6.09 Å². The summed E-state index contributed by atoms with van der Waals surface area (Å²) in [6, 6.07) is 18.7. The Morgan fingerprint density at radius 1 is 1.08 bits per heavy atom. The minimum Gasteiger partial charge on any atom is -0.444 e. The van der Waals surface area contributed by atoms with Crippen LogP contribution in [0.1, 0.15) is 37.6 Å². The standard InChI is InChI=1S/C29H29ClN4O3/c1-29(2,3)37-28(36)34-18-26-23(15-25(34)27(35)32-21-7-6-14-31-16-21)22-8-4-5-9-24(22)33(26)17-19-10-12-20(30)13-11-19/h4-14,16,25H,15,17-18H2,1-3H3,(H,32,35). The number of carbonyl (C=O) groups excluding carboxylic acids is 2. The SMILES string of the molecule is CC(C)(C)OC(=O)N1Cc2c(c3ccccc3n2Cc2ccc(Cl)cc2)CC1C(=O)Nc1cccnc1. The number of rotatable bonds is 4. The molecule has 0 radical (unpaired) electrons. The van der Waals surface area contributed by atoms with Gasteiger partial charge in [-0.2, -0.15) is 0 Å². The Hall–Kier alpha value is -3.84. The number of hydrogen-bond acceptors (Lipinski definition) is 4. The van der Waals surface area contributed by atoms with Crippen LogP contribution in [0.5, 0.6) is 0 Å². The molecule has 37 heavy (non-hydrogen) atoms. The molecule has 0 saturated carbocycles. The molecule has 1 aliphatic heterocycles. The van der Waals surface area contributed by atoms with Crippen LogP contribution in [0, 0.1) is 0 Å². The van der Waals surface area contributed by atoms with Gasteiger partial charge in [-0.25, -0.2) is 4.79 Å². The van der Waals surface area contributed by atoms with Crippen molar-refractivity contribution in [3.63, 3.8) is 0 Å². The van der Waals surface area contributed by atoms with Gasteiger partial charge in [0.25, 0.3) is 0 Å². The van der Waals surface area contributed by atoms with Crippen LogP contribution in [0.25, 0.3) is 10.9 Å². The van der Waals surface area contributed by atoms with E-state index in [1.807, 2.05) is 57.2 Å². The third-order valence-electron chi connectivity index (χ3n) is 6.40. The predicted molar refractivity (Wildman–Crippen MR) is 145 cm³/mol. The molecule has 0 saturated heterocycles. The normalized spacial score (nSPS) is 15.4. The lowest BCUT2D eigenvalue weighted by Gasteiger charge is -2.36. The number of benzene rings is 2. The first-order valence-corrected chi connectivity index (χ1v) is 12.6. The summed E-state index contributed by atoms with van der Waals surface area (Å²) in [5, 5.41) is 4.68. The maximum atomic E-state index is 13.5. The first-order valence-electron chi connectivity index (χ1n) is 12.2. The zero-order chi connectivity index (χ0) is 26.2. The van der Waals surface area contributed by atoms with E-state index in [4.69, 9.17) is 16.3 Å². The van der Waals surface area contributed by atoms with Crippen LogP contribution in [0.15, 0.2) is 73.1 Å². The molecular weight excluding hydrogens is 488 g/mol. The molecule has 2 aromatic carbocycles. The van der Waals surface area contributed by atoms with Gasteiger partial charge in [0.1, 0.15) is 11.6 Å². The average Bonchev–Trinajstić information content (AvgIpc) is 3.17. The van der Waals surface area contributed by atoms with Crippen LogP contribution in [-0.2, 0) is 29.0 Å². The Morgan fingerprint density at radius 3 is 2.54 bits per heavy atom. The van der Waals surface area contributed by atoms with Gasteiger partial charge in [0.2, 0.25) is 5.91 Å². The molecule has 7 nitrogen and oxygen atoms in total. The number of nitrogens with zero attached hydrogens (tertiary/aromatic N) is 3. The number of pyridine rings is 1. The summed E-state index contributed by atoms with van der Waals surface area (Å²) >= 11 is 6.11. The summed E-state index contributed by atoms with van der Waals surface area (Å²) in [4.78, 5) is 32.5. The van der Waals surface area contributed by atoms with Gasteiger partial charge in [-0.05, 0) is 62.2 Å². The lowest BCUT2D eigenvalue weighted by atomic mass is 9.96. The Kier molecular flexibility index (Phi) is 6.65. The lowest BCUT2D eigenvalue weighted by molar-refractivity contribution is -0.121. The largest absolute Gasteiger partial charge is 0.444 e. The van der Waals surface area contributed by atoms with Gasteiger partial charge < -0.3 is 14.6 Å². The van der Waals surface area contributed by atoms with Crippen molar-refractivity contribution in [2.75, 3.05) is 5.32 Å². The molecule has 0 aliphatic carbocycles. The van der Waals surface area contributed by atoms with Crippen LogP contribution in [-0.4, -0.2) is 38.1 Å². The summed E-state index contributed by atoms with van der Waals surface area (Å²) < 4.78 is 7.96. The van der Waals surface area contributed by atoms with Crippen LogP contribution < -0.4 is 5.32 Å². The molecule has 8 heteroatoms. The number of amides is 2. The van der Waals surface area contributed by atoms with E-state index in [1.54, 1.807) is 24.5 Å². The van der Waals surface area contributed by atoms with Crippen molar-refractivity contribution < 1.29 is 14.3 Å². The minimum atomic E-state index is -0.739. The highest BCUT2D eigenvalue weighted by atomic mass is 35.5. The van der Waals surface area contributed by atoms with Crippen molar-refractivity contribution in [1.82, 2.24) is 14.5 Å². The van der Waals surface area contributed by atoms with E-state index in [0.717, 1.165) is 27.7 Å². The fraction of sp³-hybridized carbons (Fsp3) is 0.276. The number of anilines is 1. The molecule has 2 amide bonds. The monoisotopic (exact) mass is 516 g/mol. The first kappa shape index (κ1) is 24.8. The number of aromatic nitrogens is 2. The molecule has 1 N–H and O–H groups in total. The fourth-order valence-electron chi connectivity index (χ4n) is 4.77. The van der Waals surface area contributed by atoms with Crippen molar-refractivity contribution in [1.29, 1.82) is 0 Å². The van der Waals surface area contributed by atoms with E-state index in [0.29, 0.717) is 23.7 Å². The molecule has 1 aliphatic rings. The highest BCUT2D eigenvalue weighted by Gasteiger charge is 2.39. The summed E-state index contributed by atoms with van der Waals surface area (Å²) in [7, 11) is 0. The Labute approximate surface area is 221 Å². The third kappa shape index (κ3) is 5.32. The topological polar surface area (TPSA) is 76.5 Å². The van der Waals surface area contributed by atoms with Gasteiger partial charge in [-0.1, -0.05) is 41.9 Å². The average molecular weight is 517 g/mol. The number of hydrogen-bond donors (Lipinski definition) is 1. The third-order valence-corrected chi connectivity index (χ3v) is 6.65. The summed E-state index contributed by atoms with van der Waals surface area (Å²) in [6.07, 6.45) is 3.08. The summed E-state index contributed by atoms with van der Waals surface area (Å²) in [5.74, 6) is -0.279. The van der Waals surface area contributed by atoms with Crippen LogP contribution in [0.2, 0.25) is 5.02 Å². The molecule has 0 fully saturated rings. The van der Waals surface area contributed by atoms with Gasteiger partial charge in [-0.3, -0.25) is 14.7 Å². The van der Waals surface area contributed by atoms with Gasteiger partial charge in [-0.15, -0.1) is 0 Å². The van der Waals surface area contributed by atoms with E-state index in [2.05, 4.69) is 27.0 Å². The predicted octanol–water partition coefficient (Wildman–Crippen LogP) is 6.04. The van der Waals surface area contributed by atoms with E-state index in [9.17, 15) is 9.59 Å². The van der Waals surface area contributed by atoms with Crippen molar-refractivity contribution in [3.8, 4) is 0 Å². The van der Waals surface area contributed by atoms with Crippen LogP contribution in [0.3, 0.4) is 0 Å². The van der Waals surface area contributed by atoms with Gasteiger partial charge in [0.15, 0.2) is 0 Å². The van der Waals surface area contributed by atoms with Crippen molar-refractivity contribution in [3.05, 3.63) is 94.9 Å². The highest BCUT2D eigenvalue weighted by molar-refractivity contribution is 6.30. The molecular formula is C29H29ClN4O3. The number of halogens is 1. The lowest BCUT2D eigenvalue weighted by Crippen LogP contribution is -2.52. The summed E-state index contributed by atoms with van der Waals surface area (Å²) in [6.45, 7) is 6.33. The van der Waals surface area contributed by atoms with Crippen molar-refractivity contribution in [2.24, 2.45) is 0 Å².